The van der Waals surface area contributed by atoms with Crippen LogP contribution in [0.25, 0.3) is 0 Å². The maximum Gasteiger partial charge on any atom is 0.258 e. The molecule has 0 radical (unpaired) electrons. The molecule has 0 spiro atoms. The highest BCUT2D eigenvalue weighted by Crippen LogP contribution is 2.42. The summed E-state index contributed by atoms with van der Waals surface area (Å²) in [6.45, 7) is 13.7. The van der Waals surface area contributed by atoms with Crippen molar-refractivity contribution in [1.82, 2.24) is 4.98 Å². The molecule has 4 heteroatoms. The van der Waals surface area contributed by atoms with Gasteiger partial charge in [0.2, 0.25) is 5.88 Å². The van der Waals surface area contributed by atoms with Gasteiger partial charge in [-0.1, -0.05) is 41.5 Å². The van der Waals surface area contributed by atoms with Gasteiger partial charge in [0.15, 0.2) is 0 Å². The predicted molar refractivity (Wildman–Crippen MR) is 82.5 cm³/mol. The minimum absolute atomic E-state index is 0.564. The summed E-state index contributed by atoms with van der Waals surface area (Å²) in [5.41, 5.74) is 1.69. The van der Waals surface area contributed by atoms with Crippen molar-refractivity contribution in [3.63, 3.8) is 0 Å². The summed E-state index contributed by atoms with van der Waals surface area (Å²) in [7, 11) is -0.254. The summed E-state index contributed by atoms with van der Waals surface area (Å²) in [6, 6.07) is 3.82. The summed E-state index contributed by atoms with van der Waals surface area (Å²) < 4.78 is 11.6. The molecule has 1 aromatic heterocycles. The molecule has 0 saturated heterocycles. The summed E-state index contributed by atoms with van der Waals surface area (Å²) in [5, 5.41) is 0. The standard InChI is InChI=1S/C15H27NO2Si/c1-11(2)19(12(3)4,13(5)6)18-14-8-9-15(17-7)16-10-14/h8-13H,1-7H3. The van der Waals surface area contributed by atoms with Gasteiger partial charge in [-0.3, -0.25) is 0 Å². The van der Waals surface area contributed by atoms with Crippen LogP contribution in [0.2, 0.25) is 16.6 Å². The molecule has 0 saturated carbocycles. The van der Waals surface area contributed by atoms with Crippen molar-refractivity contribution in [2.45, 2.75) is 58.2 Å². The lowest BCUT2D eigenvalue weighted by Crippen LogP contribution is -2.50. The minimum Gasteiger partial charge on any atom is -0.542 e. The zero-order chi connectivity index (χ0) is 14.6. The SMILES string of the molecule is COc1ccc(O[Si](C(C)C)(C(C)C)C(C)C)cn1. The number of hydrogen-bond donors (Lipinski definition) is 0. The lowest BCUT2D eigenvalue weighted by atomic mass is 10.4. The molecule has 1 heterocycles. The van der Waals surface area contributed by atoms with Crippen LogP contribution in [0.1, 0.15) is 41.5 Å². The van der Waals surface area contributed by atoms with Gasteiger partial charge < -0.3 is 9.16 Å². The summed E-state index contributed by atoms with van der Waals surface area (Å²) in [6.07, 6.45) is 1.77. The van der Waals surface area contributed by atoms with Crippen LogP contribution in [0.4, 0.5) is 0 Å². The predicted octanol–water partition coefficient (Wildman–Crippen LogP) is 4.64. The minimum atomic E-state index is -1.88. The molecular weight excluding hydrogens is 254 g/mol. The van der Waals surface area contributed by atoms with Crippen LogP contribution >= 0.6 is 0 Å². The normalized spacial score (nSPS) is 12.3. The van der Waals surface area contributed by atoms with Crippen molar-refractivity contribution in [2.75, 3.05) is 7.11 Å². The second kappa shape index (κ2) is 6.42. The molecule has 0 unspecified atom stereocenters. The number of pyridine rings is 1. The number of methoxy groups -OCH3 is 1. The molecule has 0 fully saturated rings. The first-order chi connectivity index (χ1) is 8.84. The van der Waals surface area contributed by atoms with Gasteiger partial charge in [0.1, 0.15) is 5.75 Å². The zero-order valence-electron chi connectivity index (χ0n) is 13.2. The van der Waals surface area contributed by atoms with Crippen molar-refractivity contribution in [3.8, 4) is 11.6 Å². The molecule has 0 aromatic carbocycles. The van der Waals surface area contributed by atoms with Gasteiger partial charge in [-0.2, -0.15) is 0 Å². The average molecular weight is 281 g/mol. The Hall–Kier alpha value is -1.03. The number of rotatable bonds is 6. The highest BCUT2D eigenvalue weighted by molar-refractivity contribution is 6.78. The van der Waals surface area contributed by atoms with Gasteiger partial charge in [0, 0.05) is 6.07 Å². The van der Waals surface area contributed by atoms with Crippen LogP contribution in [0.15, 0.2) is 18.3 Å². The molecule has 0 bridgehead atoms. The maximum absolute atomic E-state index is 6.51. The van der Waals surface area contributed by atoms with E-state index in [1.54, 1.807) is 13.3 Å². The van der Waals surface area contributed by atoms with E-state index in [0.717, 1.165) is 5.75 Å². The lowest BCUT2D eigenvalue weighted by molar-refractivity contribution is 0.395. The Morgan fingerprint density at radius 3 is 1.79 bits per heavy atom. The fourth-order valence-corrected chi connectivity index (χ4v) is 8.34. The van der Waals surface area contributed by atoms with Crippen LogP contribution in [-0.4, -0.2) is 20.4 Å². The maximum atomic E-state index is 6.51. The average Bonchev–Trinajstić information content (AvgIpc) is 2.35. The van der Waals surface area contributed by atoms with Crippen molar-refractivity contribution in [3.05, 3.63) is 18.3 Å². The van der Waals surface area contributed by atoms with Gasteiger partial charge in [-0.15, -0.1) is 0 Å². The van der Waals surface area contributed by atoms with Crippen LogP contribution in [-0.2, 0) is 0 Å². The van der Waals surface area contributed by atoms with Gasteiger partial charge in [-0.05, 0) is 22.7 Å². The van der Waals surface area contributed by atoms with Gasteiger partial charge in [-0.25, -0.2) is 4.98 Å². The van der Waals surface area contributed by atoms with Crippen molar-refractivity contribution in [1.29, 1.82) is 0 Å². The highest BCUT2D eigenvalue weighted by atomic mass is 28.4. The number of nitrogens with zero attached hydrogens (tertiary/aromatic N) is 1. The summed E-state index contributed by atoms with van der Waals surface area (Å²) in [4.78, 5) is 4.23. The number of hydrogen-bond acceptors (Lipinski definition) is 3. The van der Waals surface area contributed by atoms with Crippen LogP contribution in [0.5, 0.6) is 11.6 Å². The topological polar surface area (TPSA) is 31.4 Å². The number of aromatic nitrogens is 1. The Morgan fingerprint density at radius 1 is 0.947 bits per heavy atom. The molecular formula is C15H27NO2Si. The fraction of sp³-hybridized carbons (Fsp3) is 0.667. The third-order valence-electron chi connectivity index (χ3n) is 3.92. The highest BCUT2D eigenvalue weighted by Gasteiger charge is 2.46. The Kier molecular flexibility index (Phi) is 5.41. The Morgan fingerprint density at radius 2 is 1.47 bits per heavy atom. The van der Waals surface area contributed by atoms with Gasteiger partial charge in [0.05, 0.1) is 13.3 Å². The zero-order valence-corrected chi connectivity index (χ0v) is 14.2. The van der Waals surface area contributed by atoms with E-state index in [4.69, 9.17) is 9.16 Å². The molecule has 0 N–H and O–H groups in total. The molecule has 1 aromatic rings. The second-order valence-electron chi connectivity index (χ2n) is 5.96. The van der Waals surface area contributed by atoms with E-state index in [9.17, 15) is 0 Å². The van der Waals surface area contributed by atoms with Crippen LogP contribution in [0, 0.1) is 0 Å². The van der Waals surface area contributed by atoms with Crippen LogP contribution in [0.3, 0.4) is 0 Å². The molecule has 0 aliphatic heterocycles. The first-order valence-electron chi connectivity index (χ1n) is 7.03. The quantitative estimate of drug-likeness (QED) is 0.712. The van der Waals surface area contributed by atoms with E-state index in [1.165, 1.54) is 0 Å². The summed E-state index contributed by atoms with van der Waals surface area (Å²) >= 11 is 0. The molecule has 0 amide bonds. The third kappa shape index (κ3) is 3.29. The third-order valence-corrected chi connectivity index (χ3v) is 9.92. The Bertz CT molecular complexity index is 366. The lowest BCUT2D eigenvalue weighted by Gasteiger charge is -2.42. The van der Waals surface area contributed by atoms with Gasteiger partial charge in [0.25, 0.3) is 8.32 Å². The Balaban J connectivity index is 3.06. The van der Waals surface area contributed by atoms with Crippen LogP contribution < -0.4 is 9.16 Å². The largest absolute Gasteiger partial charge is 0.542 e. The van der Waals surface area contributed by atoms with E-state index in [1.807, 2.05) is 12.1 Å². The second-order valence-corrected chi connectivity index (χ2v) is 11.3. The molecule has 108 valence electrons. The first-order valence-corrected chi connectivity index (χ1v) is 9.17. The van der Waals surface area contributed by atoms with Crippen molar-refractivity contribution in [2.24, 2.45) is 0 Å². The van der Waals surface area contributed by atoms with Crippen molar-refractivity contribution < 1.29 is 9.16 Å². The molecule has 0 aliphatic rings. The number of ether oxygens (including phenoxy) is 1. The van der Waals surface area contributed by atoms with Crippen molar-refractivity contribution >= 4 is 8.32 Å². The molecule has 0 atom stereocenters. The fourth-order valence-electron chi connectivity index (χ4n) is 3.11. The van der Waals surface area contributed by atoms with E-state index in [0.29, 0.717) is 22.5 Å². The molecule has 19 heavy (non-hydrogen) atoms. The van der Waals surface area contributed by atoms with E-state index >= 15 is 0 Å². The van der Waals surface area contributed by atoms with Gasteiger partial charge >= 0.3 is 0 Å². The smallest absolute Gasteiger partial charge is 0.258 e. The van der Waals surface area contributed by atoms with E-state index in [-0.39, 0.29) is 0 Å². The summed E-state index contributed by atoms with van der Waals surface area (Å²) in [5.74, 6) is 1.49. The van der Waals surface area contributed by atoms with E-state index in [2.05, 4.69) is 46.5 Å². The first kappa shape index (κ1) is 16.0. The molecule has 3 nitrogen and oxygen atoms in total. The van der Waals surface area contributed by atoms with E-state index < -0.39 is 8.32 Å². The molecule has 1 rings (SSSR count). The Labute approximate surface area is 118 Å². The molecule has 0 aliphatic carbocycles. The monoisotopic (exact) mass is 281 g/mol.